The summed E-state index contributed by atoms with van der Waals surface area (Å²) >= 11 is 0. The third-order valence-electron chi connectivity index (χ3n) is 6.98. The van der Waals surface area contributed by atoms with E-state index in [1.54, 1.807) is 62.4 Å². The number of Topliss-reactive ketones (excluding diaryl/α,β-unsaturated/α-hetero) is 1. The van der Waals surface area contributed by atoms with Crippen LogP contribution in [0.5, 0.6) is 0 Å². The topological polar surface area (TPSA) is 107 Å². The van der Waals surface area contributed by atoms with E-state index in [1.807, 2.05) is 6.92 Å². The van der Waals surface area contributed by atoms with Gasteiger partial charge in [-0.1, -0.05) is 54.1 Å². The third kappa shape index (κ3) is 4.16. The molecule has 8 heteroatoms. The Bertz CT molecular complexity index is 1310. The first-order valence-corrected chi connectivity index (χ1v) is 12.3. The first-order valence-electron chi connectivity index (χ1n) is 12.3. The number of aryl methyl sites for hydroxylation is 1. The molecule has 0 aromatic heterocycles. The van der Waals surface area contributed by atoms with Gasteiger partial charge in [-0.15, -0.1) is 0 Å². The van der Waals surface area contributed by atoms with E-state index in [0.29, 0.717) is 16.8 Å². The SMILES string of the molecule is CCOC(=O)C[C@@H]1C=C(C(=O)c2ccc(C)cc2)[C@H](C(=O)OCC)[C@]12C(=O)N(C(C)=O)c1ccccc12. The number of hydrogen-bond acceptors (Lipinski definition) is 7. The van der Waals surface area contributed by atoms with Gasteiger partial charge in [0.15, 0.2) is 5.78 Å². The number of rotatable bonds is 7. The molecule has 1 heterocycles. The summed E-state index contributed by atoms with van der Waals surface area (Å²) in [5.41, 5.74) is 0.334. The Balaban J connectivity index is 1.98. The van der Waals surface area contributed by atoms with Crippen LogP contribution in [0.1, 0.15) is 48.7 Å². The van der Waals surface area contributed by atoms with Crippen molar-refractivity contribution in [2.24, 2.45) is 11.8 Å². The zero-order chi connectivity index (χ0) is 26.9. The standard InChI is InChI=1S/C29H29NO7/c1-5-36-24(32)16-20-15-21(26(33)19-13-11-17(3)12-14-19)25(27(34)37-6-2)29(20)22-9-7-8-10-23(22)30(18(4)31)28(29)35/h7-15,20,25H,5-6,16H2,1-4H3/t20-,25+,29-/m0/s1. The molecule has 0 bridgehead atoms. The van der Waals surface area contributed by atoms with Crippen LogP contribution in [0, 0.1) is 18.8 Å². The molecule has 3 atom stereocenters. The van der Waals surface area contributed by atoms with Gasteiger partial charge in [0.2, 0.25) is 11.8 Å². The molecule has 0 unspecified atom stereocenters. The smallest absolute Gasteiger partial charge is 0.315 e. The number of ether oxygens (including phenoxy) is 2. The Morgan fingerprint density at radius 2 is 1.59 bits per heavy atom. The lowest BCUT2D eigenvalue weighted by Gasteiger charge is -2.35. The minimum Gasteiger partial charge on any atom is -0.466 e. The molecule has 2 amide bonds. The molecule has 0 saturated carbocycles. The van der Waals surface area contributed by atoms with Crippen molar-refractivity contribution in [2.75, 3.05) is 18.1 Å². The molecular weight excluding hydrogens is 474 g/mol. The van der Waals surface area contributed by atoms with Gasteiger partial charge in [0.25, 0.3) is 0 Å². The fraction of sp³-hybridized carbons (Fsp3) is 0.345. The van der Waals surface area contributed by atoms with Gasteiger partial charge in [-0.3, -0.25) is 24.0 Å². The maximum absolute atomic E-state index is 14.2. The van der Waals surface area contributed by atoms with E-state index < -0.39 is 46.8 Å². The lowest BCUT2D eigenvalue weighted by Crippen LogP contribution is -2.52. The molecule has 2 aromatic rings. The quantitative estimate of drug-likeness (QED) is 0.419. The first-order chi connectivity index (χ1) is 17.7. The van der Waals surface area contributed by atoms with Crippen LogP contribution in [-0.2, 0) is 34.1 Å². The van der Waals surface area contributed by atoms with Crippen LogP contribution in [0.3, 0.4) is 0 Å². The number of benzene rings is 2. The van der Waals surface area contributed by atoms with E-state index in [9.17, 15) is 24.0 Å². The average Bonchev–Trinajstić information content (AvgIpc) is 3.33. The number of hydrogen-bond donors (Lipinski definition) is 0. The summed E-state index contributed by atoms with van der Waals surface area (Å²) in [6.45, 7) is 6.59. The molecule has 192 valence electrons. The summed E-state index contributed by atoms with van der Waals surface area (Å²) in [6.07, 6.45) is 1.26. The van der Waals surface area contributed by atoms with Crippen LogP contribution < -0.4 is 4.90 Å². The normalized spacial score (nSPS) is 22.0. The van der Waals surface area contributed by atoms with Gasteiger partial charge in [0.05, 0.1) is 25.3 Å². The van der Waals surface area contributed by atoms with E-state index in [1.165, 1.54) is 13.0 Å². The molecular formula is C29H29NO7. The van der Waals surface area contributed by atoms with Crippen LogP contribution in [0.2, 0.25) is 0 Å². The highest BCUT2D eigenvalue weighted by atomic mass is 16.5. The molecule has 2 aliphatic rings. The van der Waals surface area contributed by atoms with Gasteiger partial charge in [0, 0.05) is 24.0 Å². The van der Waals surface area contributed by atoms with E-state index in [2.05, 4.69) is 0 Å². The Morgan fingerprint density at radius 1 is 0.946 bits per heavy atom. The third-order valence-corrected chi connectivity index (χ3v) is 6.98. The zero-order valence-electron chi connectivity index (χ0n) is 21.3. The van der Waals surface area contributed by atoms with Crippen LogP contribution in [-0.4, -0.2) is 42.7 Å². The Hall–Kier alpha value is -4.07. The van der Waals surface area contributed by atoms with E-state index >= 15 is 0 Å². The van der Waals surface area contributed by atoms with Gasteiger partial charge in [-0.05, 0) is 32.4 Å². The maximum Gasteiger partial charge on any atom is 0.315 e. The van der Waals surface area contributed by atoms with Crippen LogP contribution in [0.4, 0.5) is 5.69 Å². The number of ketones is 1. The molecule has 2 aromatic carbocycles. The molecule has 0 saturated heterocycles. The molecule has 0 N–H and O–H groups in total. The lowest BCUT2D eigenvalue weighted by atomic mass is 9.64. The molecule has 1 spiro atoms. The Labute approximate surface area is 215 Å². The molecule has 1 aliphatic carbocycles. The number of nitrogens with zero attached hydrogens (tertiary/aromatic N) is 1. The molecule has 4 rings (SSSR count). The number of para-hydroxylation sites is 1. The minimum absolute atomic E-state index is 0.0201. The summed E-state index contributed by atoms with van der Waals surface area (Å²) < 4.78 is 10.6. The number of allylic oxidation sites excluding steroid dienone is 1. The van der Waals surface area contributed by atoms with Crippen LogP contribution in [0.25, 0.3) is 0 Å². The lowest BCUT2D eigenvalue weighted by molar-refractivity contribution is -0.153. The Morgan fingerprint density at radius 3 is 2.22 bits per heavy atom. The minimum atomic E-state index is -1.73. The summed E-state index contributed by atoms with van der Waals surface area (Å²) in [5, 5.41) is 0. The number of imide groups is 1. The molecule has 0 radical (unpaired) electrons. The van der Waals surface area contributed by atoms with Crippen molar-refractivity contribution in [3.63, 3.8) is 0 Å². The van der Waals surface area contributed by atoms with Gasteiger partial charge < -0.3 is 9.47 Å². The fourth-order valence-electron chi connectivity index (χ4n) is 5.52. The first kappa shape index (κ1) is 26.0. The summed E-state index contributed by atoms with van der Waals surface area (Å²) in [5.74, 6) is -5.30. The summed E-state index contributed by atoms with van der Waals surface area (Å²) in [7, 11) is 0. The average molecular weight is 504 g/mol. The molecule has 0 fully saturated rings. The zero-order valence-corrected chi connectivity index (χ0v) is 21.3. The molecule has 8 nitrogen and oxygen atoms in total. The predicted molar refractivity (Wildman–Crippen MR) is 135 cm³/mol. The van der Waals surface area contributed by atoms with Crippen molar-refractivity contribution in [3.05, 3.63) is 76.9 Å². The van der Waals surface area contributed by atoms with Crippen molar-refractivity contribution < 1.29 is 33.4 Å². The predicted octanol–water partition coefficient (Wildman–Crippen LogP) is 3.70. The van der Waals surface area contributed by atoms with Gasteiger partial charge in [-0.25, -0.2) is 4.90 Å². The van der Waals surface area contributed by atoms with Crippen molar-refractivity contribution in [3.8, 4) is 0 Å². The molecule has 1 aliphatic heterocycles. The second kappa shape index (κ2) is 10.1. The van der Waals surface area contributed by atoms with Gasteiger partial charge in [0.1, 0.15) is 11.3 Å². The number of amides is 2. The highest BCUT2D eigenvalue weighted by molar-refractivity contribution is 6.25. The van der Waals surface area contributed by atoms with Crippen molar-refractivity contribution in [2.45, 2.75) is 39.5 Å². The number of anilines is 1. The number of carbonyl (C=O) groups is 5. The van der Waals surface area contributed by atoms with Crippen molar-refractivity contribution >= 4 is 35.2 Å². The van der Waals surface area contributed by atoms with Crippen molar-refractivity contribution in [1.82, 2.24) is 0 Å². The maximum atomic E-state index is 14.2. The monoisotopic (exact) mass is 503 g/mol. The van der Waals surface area contributed by atoms with Crippen LogP contribution >= 0.6 is 0 Å². The molecule has 37 heavy (non-hydrogen) atoms. The van der Waals surface area contributed by atoms with Crippen LogP contribution in [0.15, 0.2) is 60.2 Å². The number of fused-ring (bicyclic) bond motifs is 2. The second-order valence-corrected chi connectivity index (χ2v) is 9.16. The van der Waals surface area contributed by atoms with E-state index in [-0.39, 0.29) is 25.2 Å². The van der Waals surface area contributed by atoms with E-state index in [4.69, 9.17) is 9.47 Å². The second-order valence-electron chi connectivity index (χ2n) is 9.16. The number of esters is 2. The van der Waals surface area contributed by atoms with Crippen molar-refractivity contribution in [1.29, 1.82) is 0 Å². The summed E-state index contributed by atoms with van der Waals surface area (Å²) in [6, 6.07) is 13.5. The largest absolute Gasteiger partial charge is 0.466 e. The fourth-order valence-corrected chi connectivity index (χ4v) is 5.52. The summed E-state index contributed by atoms with van der Waals surface area (Å²) in [4.78, 5) is 68.1. The highest BCUT2D eigenvalue weighted by Gasteiger charge is 2.67. The Kier molecular flexibility index (Phi) is 7.12. The number of carbonyl (C=O) groups excluding carboxylic acids is 5. The highest BCUT2D eigenvalue weighted by Crippen LogP contribution is 2.58. The van der Waals surface area contributed by atoms with Gasteiger partial charge in [-0.2, -0.15) is 0 Å². The van der Waals surface area contributed by atoms with E-state index in [0.717, 1.165) is 10.5 Å². The van der Waals surface area contributed by atoms with Gasteiger partial charge >= 0.3 is 11.9 Å².